The minimum absolute atomic E-state index is 0.0678. The van der Waals surface area contributed by atoms with E-state index in [4.69, 9.17) is 5.73 Å². The zero-order chi connectivity index (χ0) is 19.2. The number of nitrogens with two attached hydrogens (primary N) is 1. The van der Waals surface area contributed by atoms with Crippen molar-refractivity contribution in [3.8, 4) is 28.3 Å². The number of phenols is 1. The molecule has 0 spiro atoms. The lowest BCUT2D eigenvalue weighted by Gasteiger charge is -2.15. The van der Waals surface area contributed by atoms with Crippen molar-refractivity contribution in [1.29, 1.82) is 0 Å². The average Bonchev–Trinajstić information content (AvgIpc) is 2.67. The maximum absolute atomic E-state index is 10.3. The number of nitrogens with one attached hydrogen (secondary N) is 1. The second-order valence-corrected chi connectivity index (χ2v) is 7.13. The molecular weight excluding hydrogens is 336 g/mol. The first-order chi connectivity index (χ1) is 13.0. The number of nitrogens with zero attached hydrogens (tertiary/aromatic N) is 2. The molecule has 0 aliphatic rings. The number of phenolic OH excluding ortho intramolecular Hbond substituents is 1. The number of hydrogen-bond donors (Lipinski definition) is 3. The predicted octanol–water partition coefficient (Wildman–Crippen LogP) is 4.30. The first-order valence-corrected chi connectivity index (χ1v) is 9.24. The summed E-state index contributed by atoms with van der Waals surface area (Å²) in [5.41, 5.74) is 8.82. The molecule has 0 radical (unpaired) electrons. The molecule has 0 bridgehead atoms. The SMILES string of the molecule is CC(C)C[C@@H](N)CNc1ccnc(-c2cc(-c3ccccc3)ccc2O)n1. The van der Waals surface area contributed by atoms with Gasteiger partial charge in [0.1, 0.15) is 11.6 Å². The van der Waals surface area contributed by atoms with Gasteiger partial charge in [-0.05, 0) is 41.7 Å². The summed E-state index contributed by atoms with van der Waals surface area (Å²) in [6.07, 6.45) is 2.64. The third-order valence-corrected chi connectivity index (χ3v) is 4.32. The molecule has 3 aromatic rings. The monoisotopic (exact) mass is 362 g/mol. The van der Waals surface area contributed by atoms with E-state index >= 15 is 0 Å². The summed E-state index contributed by atoms with van der Waals surface area (Å²) in [6, 6.07) is 17.4. The molecule has 2 aromatic carbocycles. The molecule has 1 atom stereocenters. The van der Waals surface area contributed by atoms with E-state index in [2.05, 4.69) is 29.1 Å². The van der Waals surface area contributed by atoms with E-state index in [1.54, 1.807) is 12.3 Å². The van der Waals surface area contributed by atoms with Crippen LogP contribution in [0.15, 0.2) is 60.8 Å². The summed E-state index contributed by atoms with van der Waals surface area (Å²) < 4.78 is 0. The Morgan fingerprint density at radius 2 is 1.81 bits per heavy atom. The van der Waals surface area contributed by atoms with Gasteiger partial charge in [0.15, 0.2) is 5.82 Å². The Labute approximate surface area is 160 Å². The molecule has 1 heterocycles. The minimum atomic E-state index is 0.0678. The molecule has 0 unspecified atom stereocenters. The molecule has 1 aromatic heterocycles. The van der Waals surface area contributed by atoms with Crippen LogP contribution >= 0.6 is 0 Å². The van der Waals surface area contributed by atoms with Crippen LogP contribution in [-0.4, -0.2) is 27.7 Å². The largest absolute Gasteiger partial charge is 0.507 e. The first-order valence-electron chi connectivity index (χ1n) is 9.24. The first kappa shape index (κ1) is 18.9. The van der Waals surface area contributed by atoms with Crippen molar-refractivity contribution in [2.24, 2.45) is 11.7 Å². The third-order valence-electron chi connectivity index (χ3n) is 4.32. The number of aromatic nitrogens is 2. The third kappa shape index (κ3) is 5.05. The van der Waals surface area contributed by atoms with Crippen LogP contribution in [0.3, 0.4) is 0 Å². The number of rotatable bonds is 7. The standard InChI is InChI=1S/C22H26N4O/c1-15(2)12-18(23)14-25-21-10-11-24-22(26-21)19-13-17(8-9-20(19)27)16-6-4-3-5-7-16/h3-11,13,15,18,27H,12,14,23H2,1-2H3,(H,24,25,26)/t18-/m1/s1. The summed E-state index contributed by atoms with van der Waals surface area (Å²) >= 11 is 0. The Bertz CT molecular complexity index is 880. The number of aromatic hydroxyl groups is 1. The predicted molar refractivity (Wildman–Crippen MR) is 110 cm³/mol. The Balaban J connectivity index is 1.82. The van der Waals surface area contributed by atoms with Gasteiger partial charge in [0.25, 0.3) is 0 Å². The Morgan fingerprint density at radius 3 is 2.56 bits per heavy atom. The zero-order valence-corrected chi connectivity index (χ0v) is 15.8. The van der Waals surface area contributed by atoms with E-state index in [0.717, 1.165) is 17.5 Å². The number of benzene rings is 2. The van der Waals surface area contributed by atoms with Crippen LogP contribution in [0.5, 0.6) is 5.75 Å². The number of anilines is 1. The molecule has 0 aliphatic heterocycles. The molecule has 0 amide bonds. The summed E-state index contributed by atoms with van der Waals surface area (Å²) in [5.74, 6) is 1.89. The highest BCUT2D eigenvalue weighted by molar-refractivity contribution is 5.74. The second-order valence-electron chi connectivity index (χ2n) is 7.13. The van der Waals surface area contributed by atoms with Gasteiger partial charge in [-0.25, -0.2) is 9.97 Å². The molecule has 4 N–H and O–H groups in total. The van der Waals surface area contributed by atoms with Crippen molar-refractivity contribution in [3.05, 3.63) is 60.8 Å². The lowest BCUT2D eigenvalue weighted by atomic mass is 10.0. The van der Waals surface area contributed by atoms with Gasteiger partial charge < -0.3 is 16.2 Å². The van der Waals surface area contributed by atoms with Crippen LogP contribution in [0.2, 0.25) is 0 Å². The lowest BCUT2D eigenvalue weighted by molar-refractivity contribution is 0.477. The molecular formula is C22H26N4O. The molecule has 5 nitrogen and oxygen atoms in total. The van der Waals surface area contributed by atoms with Crippen LogP contribution < -0.4 is 11.1 Å². The highest BCUT2D eigenvalue weighted by Crippen LogP contribution is 2.32. The summed E-state index contributed by atoms with van der Waals surface area (Å²) in [6.45, 7) is 4.96. The fraction of sp³-hybridized carbons (Fsp3) is 0.273. The summed E-state index contributed by atoms with van der Waals surface area (Å²) in [4.78, 5) is 8.89. The van der Waals surface area contributed by atoms with Crippen molar-refractivity contribution in [2.45, 2.75) is 26.3 Å². The van der Waals surface area contributed by atoms with Crippen molar-refractivity contribution in [1.82, 2.24) is 9.97 Å². The highest BCUT2D eigenvalue weighted by Gasteiger charge is 2.11. The van der Waals surface area contributed by atoms with Crippen LogP contribution in [0.1, 0.15) is 20.3 Å². The van der Waals surface area contributed by atoms with Crippen molar-refractivity contribution >= 4 is 5.82 Å². The quantitative estimate of drug-likeness (QED) is 0.583. The molecule has 0 saturated heterocycles. The van der Waals surface area contributed by atoms with Gasteiger partial charge >= 0.3 is 0 Å². The van der Waals surface area contributed by atoms with Crippen LogP contribution in [0, 0.1) is 5.92 Å². The topological polar surface area (TPSA) is 84.1 Å². The summed E-state index contributed by atoms with van der Waals surface area (Å²) in [7, 11) is 0. The molecule has 27 heavy (non-hydrogen) atoms. The average molecular weight is 362 g/mol. The van der Waals surface area contributed by atoms with Crippen molar-refractivity contribution in [3.63, 3.8) is 0 Å². The van der Waals surface area contributed by atoms with E-state index in [1.165, 1.54) is 0 Å². The van der Waals surface area contributed by atoms with Crippen LogP contribution in [0.4, 0.5) is 5.82 Å². The van der Waals surface area contributed by atoms with Crippen molar-refractivity contribution in [2.75, 3.05) is 11.9 Å². The van der Waals surface area contributed by atoms with E-state index < -0.39 is 0 Å². The van der Waals surface area contributed by atoms with E-state index in [9.17, 15) is 5.11 Å². The van der Waals surface area contributed by atoms with Gasteiger partial charge in [-0.2, -0.15) is 0 Å². The van der Waals surface area contributed by atoms with Gasteiger partial charge in [0, 0.05) is 18.8 Å². The molecule has 0 fully saturated rings. The normalized spacial score (nSPS) is 12.1. The fourth-order valence-corrected chi connectivity index (χ4v) is 3.04. The van der Waals surface area contributed by atoms with E-state index in [1.807, 2.05) is 48.5 Å². The number of hydrogen-bond acceptors (Lipinski definition) is 5. The molecule has 5 heteroatoms. The highest BCUT2D eigenvalue weighted by atomic mass is 16.3. The van der Waals surface area contributed by atoms with Gasteiger partial charge in [-0.1, -0.05) is 50.2 Å². The maximum atomic E-state index is 10.3. The summed E-state index contributed by atoms with van der Waals surface area (Å²) in [5, 5.41) is 13.6. The second kappa shape index (κ2) is 8.64. The fourth-order valence-electron chi connectivity index (χ4n) is 3.04. The molecule has 0 saturated carbocycles. The van der Waals surface area contributed by atoms with Gasteiger partial charge in [0.05, 0.1) is 5.56 Å². The van der Waals surface area contributed by atoms with Gasteiger partial charge in [0.2, 0.25) is 0 Å². The lowest BCUT2D eigenvalue weighted by Crippen LogP contribution is -2.30. The Kier molecular flexibility index (Phi) is 6.04. The van der Waals surface area contributed by atoms with Gasteiger partial charge in [-0.15, -0.1) is 0 Å². The van der Waals surface area contributed by atoms with Crippen LogP contribution in [-0.2, 0) is 0 Å². The minimum Gasteiger partial charge on any atom is -0.507 e. The smallest absolute Gasteiger partial charge is 0.165 e. The van der Waals surface area contributed by atoms with Gasteiger partial charge in [-0.3, -0.25) is 0 Å². The Hall–Kier alpha value is -2.92. The molecule has 3 rings (SSSR count). The van der Waals surface area contributed by atoms with E-state index in [0.29, 0.717) is 29.7 Å². The molecule has 140 valence electrons. The zero-order valence-electron chi connectivity index (χ0n) is 15.8. The Morgan fingerprint density at radius 1 is 1.04 bits per heavy atom. The molecule has 0 aliphatic carbocycles. The van der Waals surface area contributed by atoms with Crippen LogP contribution in [0.25, 0.3) is 22.5 Å². The van der Waals surface area contributed by atoms with E-state index in [-0.39, 0.29) is 11.8 Å². The maximum Gasteiger partial charge on any atom is 0.165 e. The van der Waals surface area contributed by atoms with Crippen molar-refractivity contribution < 1.29 is 5.11 Å².